The minimum atomic E-state index is -0.310. The number of hydrogen-bond donors (Lipinski definition) is 1. The predicted molar refractivity (Wildman–Crippen MR) is 132 cm³/mol. The molecule has 0 spiro atoms. The average molecular weight is 473 g/mol. The molecule has 0 radical (unpaired) electrons. The molecule has 1 atom stereocenters. The fourth-order valence-electron chi connectivity index (χ4n) is 4.33. The summed E-state index contributed by atoms with van der Waals surface area (Å²) in [7, 11) is 0. The normalized spacial score (nSPS) is 14.9. The molecule has 3 heterocycles. The second-order valence-electron chi connectivity index (χ2n) is 8.33. The van der Waals surface area contributed by atoms with E-state index in [9.17, 15) is 4.79 Å². The Hall–Kier alpha value is -3.64. The number of amides is 1. The summed E-state index contributed by atoms with van der Waals surface area (Å²) in [6.45, 7) is 3.26. The first-order valence-electron chi connectivity index (χ1n) is 11.4. The second kappa shape index (κ2) is 9.69. The average Bonchev–Trinajstić information content (AvgIpc) is 3.40. The van der Waals surface area contributed by atoms with Crippen molar-refractivity contribution >= 4 is 17.5 Å². The highest BCUT2D eigenvalue weighted by atomic mass is 35.5. The molecule has 34 heavy (non-hydrogen) atoms. The summed E-state index contributed by atoms with van der Waals surface area (Å²) in [6.07, 6.45) is 5.55. The summed E-state index contributed by atoms with van der Waals surface area (Å²) in [5, 5.41) is 8.19. The van der Waals surface area contributed by atoms with Gasteiger partial charge in [-0.25, -0.2) is 0 Å². The number of unbranched alkanes of at least 4 members (excludes halogenated alkanes) is 1. The molecular weight excluding hydrogens is 448 g/mol. The molecule has 0 saturated heterocycles. The molecule has 4 aromatic rings. The molecule has 0 aliphatic carbocycles. The van der Waals surface area contributed by atoms with E-state index in [-0.39, 0.29) is 11.9 Å². The van der Waals surface area contributed by atoms with Crippen LogP contribution in [0.25, 0.3) is 11.3 Å². The minimum absolute atomic E-state index is 0.0816. The number of H-pyrrole nitrogens is 1. The Kier molecular flexibility index (Phi) is 6.32. The minimum Gasteiger partial charge on any atom is -0.494 e. The van der Waals surface area contributed by atoms with Gasteiger partial charge in [0.15, 0.2) is 0 Å². The van der Waals surface area contributed by atoms with Crippen molar-refractivity contribution in [2.75, 3.05) is 6.61 Å². The fraction of sp³-hybridized carbons (Fsp3) is 0.222. The van der Waals surface area contributed by atoms with Gasteiger partial charge in [0.1, 0.15) is 11.4 Å². The SMILES string of the molecule is CCCCOc1cccc(C2c3c(-c4ccc(Cl)cc4)n[nH]c3C(=O)N2Cc2ccncc2)c1. The fourth-order valence-corrected chi connectivity index (χ4v) is 4.45. The lowest BCUT2D eigenvalue weighted by atomic mass is 9.95. The molecule has 1 aliphatic rings. The van der Waals surface area contributed by atoms with Gasteiger partial charge in [0, 0.05) is 35.1 Å². The Bertz CT molecular complexity index is 1290. The second-order valence-corrected chi connectivity index (χ2v) is 8.77. The number of rotatable bonds is 8. The van der Waals surface area contributed by atoms with Gasteiger partial charge in [0.25, 0.3) is 5.91 Å². The Morgan fingerprint density at radius 1 is 1.09 bits per heavy atom. The summed E-state index contributed by atoms with van der Waals surface area (Å²) in [6, 6.07) is 19.1. The van der Waals surface area contributed by atoms with Gasteiger partial charge in [-0.05, 0) is 53.9 Å². The van der Waals surface area contributed by atoms with Crippen molar-refractivity contribution in [3.63, 3.8) is 0 Å². The molecule has 0 bridgehead atoms. The van der Waals surface area contributed by atoms with Crippen LogP contribution in [0.4, 0.5) is 0 Å². The van der Waals surface area contributed by atoms with Gasteiger partial charge in [-0.15, -0.1) is 0 Å². The van der Waals surface area contributed by atoms with Crippen LogP contribution in [-0.4, -0.2) is 32.6 Å². The number of aromatic amines is 1. The van der Waals surface area contributed by atoms with Gasteiger partial charge in [-0.2, -0.15) is 5.10 Å². The number of pyridine rings is 1. The molecule has 7 heteroatoms. The Balaban J connectivity index is 1.59. The number of hydrogen-bond acceptors (Lipinski definition) is 4. The van der Waals surface area contributed by atoms with E-state index in [2.05, 4.69) is 22.1 Å². The van der Waals surface area contributed by atoms with E-state index in [1.807, 2.05) is 65.6 Å². The van der Waals surface area contributed by atoms with E-state index < -0.39 is 0 Å². The quantitative estimate of drug-likeness (QED) is 0.317. The molecule has 1 N–H and O–H groups in total. The number of aromatic nitrogens is 3. The molecular formula is C27H25ClN4O2. The van der Waals surface area contributed by atoms with Crippen LogP contribution in [0, 0.1) is 0 Å². The molecule has 1 amide bonds. The summed E-state index contributed by atoms with van der Waals surface area (Å²) < 4.78 is 5.97. The number of fused-ring (bicyclic) bond motifs is 1. The summed E-state index contributed by atoms with van der Waals surface area (Å²) >= 11 is 6.11. The zero-order valence-corrected chi connectivity index (χ0v) is 19.6. The van der Waals surface area contributed by atoms with Gasteiger partial charge in [0.05, 0.1) is 18.3 Å². The topological polar surface area (TPSA) is 71.1 Å². The highest BCUT2D eigenvalue weighted by Crippen LogP contribution is 2.44. The molecule has 0 fully saturated rings. The van der Waals surface area contributed by atoms with Crippen LogP contribution in [0.15, 0.2) is 73.1 Å². The van der Waals surface area contributed by atoms with Crippen molar-refractivity contribution in [3.8, 4) is 17.0 Å². The molecule has 6 nitrogen and oxygen atoms in total. The van der Waals surface area contributed by atoms with Crippen LogP contribution in [0.3, 0.4) is 0 Å². The van der Waals surface area contributed by atoms with Gasteiger partial charge < -0.3 is 9.64 Å². The van der Waals surface area contributed by atoms with E-state index in [0.717, 1.165) is 46.5 Å². The number of halogens is 1. The van der Waals surface area contributed by atoms with Crippen LogP contribution in [0.2, 0.25) is 5.02 Å². The monoisotopic (exact) mass is 472 g/mol. The van der Waals surface area contributed by atoms with Gasteiger partial charge in [-0.3, -0.25) is 14.9 Å². The van der Waals surface area contributed by atoms with Crippen molar-refractivity contribution in [2.45, 2.75) is 32.4 Å². The number of carbonyl (C=O) groups is 1. The molecule has 172 valence electrons. The third-order valence-electron chi connectivity index (χ3n) is 6.02. The maximum absolute atomic E-state index is 13.6. The number of nitrogens with zero attached hydrogens (tertiary/aromatic N) is 3. The van der Waals surface area contributed by atoms with E-state index in [1.54, 1.807) is 12.4 Å². The Labute approximate surface area is 203 Å². The predicted octanol–water partition coefficient (Wildman–Crippen LogP) is 6.05. The lowest BCUT2D eigenvalue weighted by Gasteiger charge is -2.27. The van der Waals surface area contributed by atoms with Crippen molar-refractivity contribution < 1.29 is 9.53 Å². The molecule has 2 aromatic heterocycles. The molecule has 0 saturated carbocycles. The largest absolute Gasteiger partial charge is 0.494 e. The highest BCUT2D eigenvalue weighted by Gasteiger charge is 2.42. The number of nitrogens with one attached hydrogen (secondary N) is 1. The van der Waals surface area contributed by atoms with Crippen LogP contribution in [0.1, 0.15) is 53.0 Å². The van der Waals surface area contributed by atoms with E-state index >= 15 is 0 Å². The van der Waals surface area contributed by atoms with Gasteiger partial charge in [-0.1, -0.05) is 49.2 Å². The van der Waals surface area contributed by atoms with Crippen LogP contribution in [-0.2, 0) is 6.54 Å². The zero-order valence-electron chi connectivity index (χ0n) is 18.9. The molecule has 5 rings (SSSR count). The first-order chi connectivity index (χ1) is 16.7. The molecule has 2 aromatic carbocycles. The Morgan fingerprint density at radius 2 is 1.88 bits per heavy atom. The number of carbonyl (C=O) groups excluding carboxylic acids is 1. The van der Waals surface area contributed by atoms with Gasteiger partial charge >= 0.3 is 0 Å². The van der Waals surface area contributed by atoms with Crippen molar-refractivity contribution in [1.29, 1.82) is 0 Å². The maximum Gasteiger partial charge on any atom is 0.273 e. The van der Waals surface area contributed by atoms with Crippen molar-refractivity contribution in [3.05, 3.63) is 100 Å². The molecule has 1 unspecified atom stereocenters. The van der Waals surface area contributed by atoms with Crippen molar-refractivity contribution in [1.82, 2.24) is 20.1 Å². The van der Waals surface area contributed by atoms with Gasteiger partial charge in [0.2, 0.25) is 0 Å². The molecule has 1 aliphatic heterocycles. The lowest BCUT2D eigenvalue weighted by Crippen LogP contribution is -2.29. The Morgan fingerprint density at radius 3 is 2.65 bits per heavy atom. The van der Waals surface area contributed by atoms with Crippen molar-refractivity contribution in [2.24, 2.45) is 0 Å². The lowest BCUT2D eigenvalue weighted by molar-refractivity contribution is 0.0729. The van der Waals surface area contributed by atoms with E-state index in [4.69, 9.17) is 16.3 Å². The number of ether oxygens (including phenoxy) is 1. The zero-order chi connectivity index (χ0) is 23.5. The third-order valence-corrected chi connectivity index (χ3v) is 6.28. The van der Waals surface area contributed by atoms with Crippen LogP contribution in [0.5, 0.6) is 5.75 Å². The number of benzene rings is 2. The summed E-state index contributed by atoms with van der Waals surface area (Å²) in [4.78, 5) is 19.6. The van der Waals surface area contributed by atoms with Crippen LogP contribution < -0.4 is 4.74 Å². The standard InChI is InChI=1S/C27H25ClN4O2/c1-2-3-15-34-22-6-4-5-20(16-22)26-23-24(19-7-9-21(28)10-8-19)30-31-25(23)27(33)32(26)17-18-11-13-29-14-12-18/h4-14,16,26H,2-3,15,17H2,1H3,(H,30,31). The summed E-state index contributed by atoms with van der Waals surface area (Å²) in [5.41, 5.74) is 5.02. The third kappa shape index (κ3) is 4.29. The van der Waals surface area contributed by atoms with E-state index in [0.29, 0.717) is 23.9 Å². The van der Waals surface area contributed by atoms with E-state index in [1.165, 1.54) is 0 Å². The first-order valence-corrected chi connectivity index (χ1v) is 11.8. The smallest absolute Gasteiger partial charge is 0.273 e. The van der Waals surface area contributed by atoms with Crippen LogP contribution >= 0.6 is 11.6 Å². The highest BCUT2D eigenvalue weighted by molar-refractivity contribution is 6.30. The maximum atomic E-state index is 13.6. The summed E-state index contributed by atoms with van der Waals surface area (Å²) in [5.74, 6) is 0.717. The first kappa shape index (κ1) is 22.2.